The number of aryl methyl sites for hydroxylation is 1. The molecule has 1 aliphatic rings. The Kier molecular flexibility index (Phi) is 5.32. The first-order valence-electron chi connectivity index (χ1n) is 7.99. The first-order valence-corrected chi connectivity index (χ1v) is 7.99. The second kappa shape index (κ2) is 7.82. The van der Waals surface area contributed by atoms with Crippen LogP contribution in [0.15, 0.2) is 18.3 Å². The summed E-state index contributed by atoms with van der Waals surface area (Å²) in [5.41, 5.74) is 0.404. The summed E-state index contributed by atoms with van der Waals surface area (Å²) >= 11 is 0. The molecule has 0 unspecified atom stereocenters. The molecule has 0 atom stereocenters. The van der Waals surface area contributed by atoms with Crippen molar-refractivity contribution in [2.45, 2.75) is 26.5 Å². The highest BCUT2D eigenvalue weighted by Gasteiger charge is 2.15. The molecule has 0 aromatic carbocycles. The van der Waals surface area contributed by atoms with Crippen LogP contribution >= 0.6 is 0 Å². The maximum atomic E-state index is 12.1. The molecule has 3 rings (SSSR count). The van der Waals surface area contributed by atoms with Gasteiger partial charge >= 0.3 is 5.97 Å². The van der Waals surface area contributed by atoms with E-state index in [9.17, 15) is 4.79 Å². The van der Waals surface area contributed by atoms with Gasteiger partial charge in [0, 0.05) is 25.8 Å². The van der Waals surface area contributed by atoms with Crippen molar-refractivity contribution in [3.8, 4) is 0 Å². The zero-order chi connectivity index (χ0) is 16.8. The lowest BCUT2D eigenvalue weighted by molar-refractivity contribution is 0.0456. The number of hydrogen-bond acceptors (Lipinski definition) is 8. The van der Waals surface area contributed by atoms with Crippen LogP contribution in [0.3, 0.4) is 0 Å². The fourth-order valence-electron chi connectivity index (χ4n) is 2.41. The zero-order valence-corrected chi connectivity index (χ0v) is 13.6. The summed E-state index contributed by atoms with van der Waals surface area (Å²) in [6.07, 6.45) is 2.43. The average Bonchev–Trinajstić information content (AvgIpc) is 3.08. The lowest BCUT2D eigenvalue weighted by Gasteiger charge is -2.27. The first-order chi connectivity index (χ1) is 11.8. The Hall–Kier alpha value is -2.55. The molecule has 0 saturated carbocycles. The van der Waals surface area contributed by atoms with Gasteiger partial charge in [0.05, 0.1) is 18.8 Å². The van der Waals surface area contributed by atoms with Crippen LogP contribution in [0, 0.1) is 0 Å². The van der Waals surface area contributed by atoms with E-state index in [1.807, 2.05) is 13.0 Å². The molecule has 0 spiro atoms. The summed E-state index contributed by atoms with van der Waals surface area (Å²) in [6, 6.07) is 3.54. The van der Waals surface area contributed by atoms with Crippen LogP contribution < -0.4 is 4.90 Å². The molecular formula is C15H20N6O3. The molecule has 1 aliphatic heterocycles. The molecule has 0 radical (unpaired) electrons. The Balaban J connectivity index is 1.57. The number of aromatic nitrogens is 5. The molecule has 2 aromatic heterocycles. The van der Waals surface area contributed by atoms with Crippen molar-refractivity contribution in [1.29, 1.82) is 0 Å². The zero-order valence-electron chi connectivity index (χ0n) is 13.6. The van der Waals surface area contributed by atoms with Crippen LogP contribution in [0.1, 0.15) is 29.5 Å². The lowest BCUT2D eigenvalue weighted by atomic mass is 10.2. The van der Waals surface area contributed by atoms with Crippen LogP contribution in [0.4, 0.5) is 5.82 Å². The minimum atomic E-state index is -0.443. The molecule has 9 nitrogen and oxygen atoms in total. The number of esters is 1. The lowest BCUT2D eigenvalue weighted by Crippen LogP contribution is -2.36. The van der Waals surface area contributed by atoms with E-state index in [0.717, 1.165) is 25.3 Å². The van der Waals surface area contributed by atoms with Crippen LogP contribution in [-0.2, 0) is 22.6 Å². The van der Waals surface area contributed by atoms with Gasteiger partial charge in [-0.3, -0.25) is 0 Å². The minimum Gasteiger partial charge on any atom is -0.454 e. The number of ether oxygens (including phenoxy) is 2. The quantitative estimate of drug-likeness (QED) is 0.712. The molecule has 0 bridgehead atoms. The SMILES string of the molecule is CCCn1nnnc1COC(=O)c1ccc(N2CCOCC2)nc1. The van der Waals surface area contributed by atoms with E-state index in [1.54, 1.807) is 10.7 Å². The van der Waals surface area contributed by atoms with E-state index < -0.39 is 5.97 Å². The van der Waals surface area contributed by atoms with Gasteiger partial charge < -0.3 is 14.4 Å². The molecule has 0 aliphatic carbocycles. The van der Waals surface area contributed by atoms with Gasteiger partial charge in [0.25, 0.3) is 0 Å². The third-order valence-electron chi connectivity index (χ3n) is 3.69. The number of anilines is 1. The van der Waals surface area contributed by atoms with E-state index in [2.05, 4.69) is 25.4 Å². The molecule has 24 heavy (non-hydrogen) atoms. The standard InChI is InChI=1S/C15H20N6O3/c1-2-5-21-14(17-18-19-21)11-24-15(22)12-3-4-13(16-10-12)20-6-8-23-9-7-20/h3-4,10H,2,5-9,11H2,1H3. The number of rotatable bonds is 6. The molecule has 128 valence electrons. The molecule has 0 N–H and O–H groups in total. The van der Waals surface area contributed by atoms with Crippen molar-refractivity contribution in [3.63, 3.8) is 0 Å². The third kappa shape index (κ3) is 3.85. The molecule has 1 fully saturated rings. The van der Waals surface area contributed by atoms with E-state index >= 15 is 0 Å². The summed E-state index contributed by atoms with van der Waals surface area (Å²) in [5.74, 6) is 0.923. The van der Waals surface area contributed by atoms with Gasteiger partial charge in [0.15, 0.2) is 12.4 Å². The van der Waals surface area contributed by atoms with Crippen molar-refractivity contribution >= 4 is 11.8 Å². The van der Waals surface area contributed by atoms with Gasteiger partial charge in [0.2, 0.25) is 0 Å². The number of carbonyl (C=O) groups excluding carboxylic acids is 1. The highest BCUT2D eigenvalue weighted by atomic mass is 16.5. The van der Waals surface area contributed by atoms with Gasteiger partial charge in [-0.05, 0) is 29.0 Å². The summed E-state index contributed by atoms with van der Waals surface area (Å²) in [6.45, 7) is 5.75. The van der Waals surface area contributed by atoms with Crippen LogP contribution in [0.5, 0.6) is 0 Å². The number of nitrogens with zero attached hydrogens (tertiary/aromatic N) is 6. The summed E-state index contributed by atoms with van der Waals surface area (Å²) in [4.78, 5) is 18.6. The Morgan fingerprint density at radius 3 is 2.88 bits per heavy atom. The summed E-state index contributed by atoms with van der Waals surface area (Å²) in [7, 11) is 0. The highest BCUT2D eigenvalue weighted by molar-refractivity contribution is 5.89. The van der Waals surface area contributed by atoms with Crippen LogP contribution in [-0.4, -0.2) is 57.5 Å². The topological polar surface area (TPSA) is 95.3 Å². The number of morpholine rings is 1. The predicted octanol–water partition coefficient (Wildman–Crippen LogP) is 0.672. The Bertz CT molecular complexity index is 666. The maximum Gasteiger partial charge on any atom is 0.340 e. The second-order valence-electron chi connectivity index (χ2n) is 5.40. The van der Waals surface area contributed by atoms with Crippen molar-refractivity contribution in [2.24, 2.45) is 0 Å². The first kappa shape index (κ1) is 16.3. The van der Waals surface area contributed by atoms with E-state index in [0.29, 0.717) is 31.1 Å². The van der Waals surface area contributed by atoms with E-state index in [-0.39, 0.29) is 6.61 Å². The Labute approximate surface area is 139 Å². The summed E-state index contributed by atoms with van der Waals surface area (Å²) < 4.78 is 12.2. The molecule has 9 heteroatoms. The average molecular weight is 332 g/mol. The van der Waals surface area contributed by atoms with Crippen molar-refractivity contribution in [2.75, 3.05) is 31.2 Å². The summed E-state index contributed by atoms with van der Waals surface area (Å²) in [5, 5.41) is 11.3. The van der Waals surface area contributed by atoms with Crippen molar-refractivity contribution in [3.05, 3.63) is 29.7 Å². The second-order valence-corrected chi connectivity index (χ2v) is 5.40. The van der Waals surface area contributed by atoms with Gasteiger partial charge in [-0.1, -0.05) is 6.92 Å². The largest absolute Gasteiger partial charge is 0.454 e. The third-order valence-corrected chi connectivity index (χ3v) is 3.69. The molecule has 0 amide bonds. The fourth-order valence-corrected chi connectivity index (χ4v) is 2.41. The number of hydrogen-bond donors (Lipinski definition) is 0. The Morgan fingerprint density at radius 1 is 1.33 bits per heavy atom. The van der Waals surface area contributed by atoms with Crippen molar-refractivity contribution < 1.29 is 14.3 Å². The Morgan fingerprint density at radius 2 is 2.17 bits per heavy atom. The highest BCUT2D eigenvalue weighted by Crippen LogP contribution is 2.14. The van der Waals surface area contributed by atoms with Gasteiger partial charge in [-0.15, -0.1) is 5.10 Å². The van der Waals surface area contributed by atoms with Crippen LogP contribution in [0.25, 0.3) is 0 Å². The normalized spacial score (nSPS) is 14.6. The number of pyridine rings is 1. The van der Waals surface area contributed by atoms with Gasteiger partial charge in [-0.2, -0.15) is 0 Å². The molecule has 1 saturated heterocycles. The predicted molar refractivity (Wildman–Crippen MR) is 84.5 cm³/mol. The maximum absolute atomic E-state index is 12.1. The molecular weight excluding hydrogens is 312 g/mol. The van der Waals surface area contributed by atoms with E-state index in [4.69, 9.17) is 9.47 Å². The van der Waals surface area contributed by atoms with Gasteiger partial charge in [0.1, 0.15) is 5.82 Å². The number of carbonyl (C=O) groups is 1. The fraction of sp³-hybridized carbons (Fsp3) is 0.533. The minimum absolute atomic E-state index is 0.0387. The monoisotopic (exact) mass is 332 g/mol. The smallest absolute Gasteiger partial charge is 0.340 e. The van der Waals surface area contributed by atoms with E-state index in [1.165, 1.54) is 6.20 Å². The van der Waals surface area contributed by atoms with Crippen LogP contribution in [0.2, 0.25) is 0 Å². The molecule has 2 aromatic rings. The van der Waals surface area contributed by atoms with Gasteiger partial charge in [-0.25, -0.2) is 14.5 Å². The number of tetrazole rings is 1. The van der Waals surface area contributed by atoms with Crippen molar-refractivity contribution in [1.82, 2.24) is 25.2 Å². The molecule has 3 heterocycles.